The van der Waals surface area contributed by atoms with Crippen molar-refractivity contribution in [3.05, 3.63) is 35.4 Å². The van der Waals surface area contributed by atoms with E-state index in [1.54, 1.807) is 0 Å². The highest BCUT2D eigenvalue weighted by Gasteiger charge is 2.18. The van der Waals surface area contributed by atoms with Crippen molar-refractivity contribution < 1.29 is 5.11 Å². The Morgan fingerprint density at radius 3 is 2.64 bits per heavy atom. The summed E-state index contributed by atoms with van der Waals surface area (Å²) in [6.45, 7) is 10.3. The Bertz CT molecular complexity index is 615. The zero-order chi connectivity index (χ0) is 19.6. The lowest BCUT2D eigenvalue weighted by molar-refractivity contribution is 0.111. The van der Waals surface area contributed by atoms with Crippen LogP contribution >= 0.6 is 0 Å². The third-order valence-corrected chi connectivity index (χ3v) is 5.65. The molecule has 156 valence electrons. The van der Waals surface area contributed by atoms with E-state index in [1.807, 2.05) is 0 Å². The number of piperidine rings is 1. The number of likely N-dealkylation sites (tertiary alicyclic amines) is 1. The fourth-order valence-corrected chi connectivity index (χ4v) is 4.12. The van der Waals surface area contributed by atoms with Gasteiger partial charge in [-0.1, -0.05) is 30.7 Å². The zero-order valence-electron chi connectivity index (χ0n) is 17.4. The van der Waals surface area contributed by atoms with Crippen LogP contribution in [0, 0.1) is 0 Å². The van der Waals surface area contributed by atoms with E-state index in [1.165, 1.54) is 43.5 Å². The molecule has 0 bridgehead atoms. The Morgan fingerprint density at radius 1 is 1.07 bits per heavy atom. The number of hydrogen-bond donors (Lipinski definition) is 3. The molecule has 28 heavy (non-hydrogen) atoms. The minimum absolute atomic E-state index is 0.428. The van der Waals surface area contributed by atoms with Gasteiger partial charge < -0.3 is 20.6 Å². The highest BCUT2D eigenvalue weighted by molar-refractivity contribution is 5.79. The van der Waals surface area contributed by atoms with Gasteiger partial charge >= 0.3 is 0 Å². The summed E-state index contributed by atoms with van der Waals surface area (Å²) >= 11 is 0. The number of aliphatic imine (C=N–C) groups is 1. The molecule has 3 N–H and O–H groups in total. The van der Waals surface area contributed by atoms with E-state index < -0.39 is 6.10 Å². The topological polar surface area (TPSA) is 63.1 Å². The lowest BCUT2D eigenvalue weighted by Crippen LogP contribution is -2.43. The summed E-state index contributed by atoms with van der Waals surface area (Å²) < 4.78 is 0. The molecular weight excluding hydrogens is 350 g/mol. The lowest BCUT2D eigenvalue weighted by Gasteiger charge is -2.30. The summed E-state index contributed by atoms with van der Waals surface area (Å²) in [6, 6.07) is 8.62. The first kappa shape index (κ1) is 21.1. The van der Waals surface area contributed by atoms with E-state index in [9.17, 15) is 5.11 Å². The van der Waals surface area contributed by atoms with Crippen LogP contribution in [0.3, 0.4) is 0 Å². The van der Waals surface area contributed by atoms with Crippen LogP contribution < -0.4 is 10.6 Å². The highest BCUT2D eigenvalue weighted by atomic mass is 16.3. The molecule has 0 radical (unpaired) electrons. The number of aliphatic hydroxyl groups is 1. The third-order valence-electron chi connectivity index (χ3n) is 5.65. The number of guanidine groups is 1. The van der Waals surface area contributed by atoms with Crippen LogP contribution in [-0.4, -0.2) is 79.3 Å². The van der Waals surface area contributed by atoms with Crippen LogP contribution in [0.25, 0.3) is 0 Å². The van der Waals surface area contributed by atoms with Crippen LogP contribution in [0.2, 0.25) is 0 Å². The van der Waals surface area contributed by atoms with Gasteiger partial charge in [-0.3, -0.25) is 9.89 Å². The largest absolute Gasteiger partial charge is 0.390 e. The fraction of sp³-hybridized carbons (Fsp3) is 0.682. The molecule has 0 saturated carbocycles. The summed E-state index contributed by atoms with van der Waals surface area (Å²) in [5.74, 6) is 0.808. The molecule has 0 aliphatic carbocycles. The van der Waals surface area contributed by atoms with E-state index in [-0.39, 0.29) is 0 Å². The van der Waals surface area contributed by atoms with Gasteiger partial charge in [0.15, 0.2) is 5.96 Å². The summed E-state index contributed by atoms with van der Waals surface area (Å²) in [4.78, 5) is 9.45. The Balaban J connectivity index is 1.40. The Morgan fingerprint density at radius 2 is 1.86 bits per heavy atom. The first-order valence-corrected chi connectivity index (χ1v) is 11.0. The minimum atomic E-state index is -0.442. The van der Waals surface area contributed by atoms with Crippen molar-refractivity contribution in [3.8, 4) is 0 Å². The quantitative estimate of drug-likeness (QED) is 0.465. The number of nitrogens with zero attached hydrogens (tertiary/aromatic N) is 3. The van der Waals surface area contributed by atoms with Gasteiger partial charge in [0.1, 0.15) is 0 Å². The molecule has 3 rings (SSSR count). The second kappa shape index (κ2) is 11.4. The molecule has 6 heteroatoms. The maximum Gasteiger partial charge on any atom is 0.191 e. The SMILES string of the molecule is CCNC(=NCC(O)CN1CCc2ccccc2C1)NCCN1CCCCC1. The minimum Gasteiger partial charge on any atom is -0.390 e. The second-order valence-corrected chi connectivity index (χ2v) is 7.96. The van der Waals surface area contributed by atoms with E-state index in [4.69, 9.17) is 0 Å². The van der Waals surface area contributed by atoms with Crippen molar-refractivity contribution in [2.24, 2.45) is 4.99 Å². The van der Waals surface area contributed by atoms with E-state index in [0.717, 1.165) is 45.1 Å². The number of rotatable bonds is 8. The Kier molecular flexibility index (Phi) is 8.58. The van der Waals surface area contributed by atoms with Gasteiger partial charge in [-0.2, -0.15) is 0 Å². The zero-order valence-corrected chi connectivity index (χ0v) is 17.4. The van der Waals surface area contributed by atoms with Crippen LogP contribution in [0.1, 0.15) is 37.3 Å². The molecule has 1 saturated heterocycles. The van der Waals surface area contributed by atoms with Crippen LogP contribution in [0.5, 0.6) is 0 Å². The first-order chi connectivity index (χ1) is 13.7. The number of β-amino-alcohol motifs (C(OH)–C–C–N with tert-alkyl or cyclic N) is 1. The molecular formula is C22H37N5O. The number of nitrogens with one attached hydrogen (secondary N) is 2. The van der Waals surface area contributed by atoms with Crippen molar-refractivity contribution in [1.82, 2.24) is 20.4 Å². The van der Waals surface area contributed by atoms with Crippen molar-refractivity contribution in [1.29, 1.82) is 0 Å². The van der Waals surface area contributed by atoms with Gasteiger partial charge in [0, 0.05) is 39.3 Å². The van der Waals surface area contributed by atoms with E-state index in [2.05, 4.69) is 56.6 Å². The van der Waals surface area contributed by atoms with Gasteiger partial charge in [0.05, 0.1) is 12.6 Å². The molecule has 0 aromatic heterocycles. The highest BCUT2D eigenvalue weighted by Crippen LogP contribution is 2.18. The average Bonchev–Trinajstić information content (AvgIpc) is 2.73. The predicted octanol–water partition coefficient (Wildman–Crippen LogP) is 1.45. The molecule has 2 aliphatic rings. The number of benzene rings is 1. The Labute approximate surface area is 170 Å². The normalized spacial score (nSPS) is 19.9. The van der Waals surface area contributed by atoms with E-state index in [0.29, 0.717) is 13.1 Å². The maximum atomic E-state index is 10.5. The van der Waals surface area contributed by atoms with Gasteiger partial charge in [0.2, 0.25) is 0 Å². The summed E-state index contributed by atoms with van der Waals surface area (Å²) in [5.41, 5.74) is 2.83. The molecule has 0 spiro atoms. The average molecular weight is 388 g/mol. The smallest absolute Gasteiger partial charge is 0.191 e. The molecule has 6 nitrogen and oxygen atoms in total. The van der Waals surface area contributed by atoms with Crippen LogP contribution in [0.4, 0.5) is 0 Å². The van der Waals surface area contributed by atoms with Gasteiger partial charge in [-0.05, 0) is 50.4 Å². The van der Waals surface area contributed by atoms with Crippen molar-refractivity contribution in [3.63, 3.8) is 0 Å². The van der Waals surface area contributed by atoms with Crippen molar-refractivity contribution >= 4 is 5.96 Å². The maximum absolute atomic E-state index is 10.5. The lowest BCUT2D eigenvalue weighted by atomic mass is 10.00. The molecule has 0 amide bonds. The molecule has 2 heterocycles. The summed E-state index contributed by atoms with van der Waals surface area (Å²) in [7, 11) is 0. The van der Waals surface area contributed by atoms with E-state index >= 15 is 0 Å². The van der Waals surface area contributed by atoms with Crippen molar-refractivity contribution in [2.45, 2.75) is 45.3 Å². The molecule has 2 aliphatic heterocycles. The van der Waals surface area contributed by atoms with Gasteiger partial charge in [0.25, 0.3) is 0 Å². The summed E-state index contributed by atoms with van der Waals surface area (Å²) in [5, 5.41) is 17.2. The summed E-state index contributed by atoms with van der Waals surface area (Å²) in [6.07, 6.45) is 4.63. The monoisotopic (exact) mass is 387 g/mol. The fourth-order valence-electron chi connectivity index (χ4n) is 4.12. The van der Waals surface area contributed by atoms with Crippen LogP contribution in [-0.2, 0) is 13.0 Å². The van der Waals surface area contributed by atoms with Gasteiger partial charge in [-0.25, -0.2) is 0 Å². The molecule has 1 aromatic rings. The third kappa shape index (κ3) is 6.76. The second-order valence-electron chi connectivity index (χ2n) is 7.96. The molecule has 1 unspecified atom stereocenters. The molecule has 1 atom stereocenters. The Hall–Kier alpha value is -1.63. The standard InChI is InChI=1S/C22H37N5O/c1-2-23-22(24-11-15-26-12-6-3-7-13-26)25-16-21(28)18-27-14-10-19-8-4-5-9-20(19)17-27/h4-5,8-9,21,28H,2-3,6-7,10-18H2,1H3,(H2,23,24,25). The first-order valence-electron chi connectivity index (χ1n) is 11.0. The predicted molar refractivity (Wildman–Crippen MR) is 116 cm³/mol. The molecule has 1 fully saturated rings. The van der Waals surface area contributed by atoms with Crippen molar-refractivity contribution in [2.75, 3.05) is 52.4 Å². The van der Waals surface area contributed by atoms with Crippen LogP contribution in [0.15, 0.2) is 29.3 Å². The number of aliphatic hydroxyl groups excluding tert-OH is 1. The number of fused-ring (bicyclic) bond motifs is 1. The van der Waals surface area contributed by atoms with Gasteiger partial charge in [-0.15, -0.1) is 0 Å². The molecule has 1 aromatic carbocycles. The number of hydrogen-bond acceptors (Lipinski definition) is 4.